The zero-order valence-corrected chi connectivity index (χ0v) is 12.7. The number of rotatable bonds is 5. The number of hydrogen-bond acceptors (Lipinski definition) is 3. The van der Waals surface area contributed by atoms with Crippen LogP contribution in [0.5, 0.6) is 0 Å². The van der Waals surface area contributed by atoms with Gasteiger partial charge in [0, 0.05) is 29.5 Å². The molecule has 0 aliphatic rings. The molecule has 112 valence electrons. The van der Waals surface area contributed by atoms with Gasteiger partial charge in [0.2, 0.25) is 0 Å². The second-order valence-electron chi connectivity index (χ2n) is 4.72. The Kier molecular flexibility index (Phi) is 4.50. The second kappa shape index (κ2) is 6.91. The molecule has 2 amide bonds. The number of carbonyl (C=O) groups is 1. The summed E-state index contributed by atoms with van der Waals surface area (Å²) in [5.74, 6) is 0. The van der Waals surface area contributed by atoms with E-state index in [1.807, 2.05) is 64.8 Å². The van der Waals surface area contributed by atoms with Crippen LogP contribution in [0.3, 0.4) is 0 Å². The Morgan fingerprint density at radius 1 is 1.18 bits per heavy atom. The molecule has 0 saturated carbocycles. The monoisotopic (exact) mass is 312 g/mol. The number of aromatic nitrogens is 2. The summed E-state index contributed by atoms with van der Waals surface area (Å²) in [6.07, 6.45) is 3.64. The molecule has 0 fully saturated rings. The summed E-state index contributed by atoms with van der Waals surface area (Å²) >= 11 is 1.65. The maximum atomic E-state index is 12.0. The summed E-state index contributed by atoms with van der Waals surface area (Å²) in [7, 11) is 0. The average Bonchev–Trinajstić information content (AvgIpc) is 3.22. The van der Waals surface area contributed by atoms with E-state index in [9.17, 15) is 4.79 Å². The van der Waals surface area contributed by atoms with Gasteiger partial charge in [0.1, 0.15) is 6.04 Å². The third kappa shape index (κ3) is 3.53. The fraction of sp³-hybridized carbons (Fsp3) is 0.125. The van der Waals surface area contributed by atoms with Gasteiger partial charge in [-0.1, -0.05) is 24.3 Å². The molecule has 3 rings (SSSR count). The van der Waals surface area contributed by atoms with E-state index in [1.165, 1.54) is 0 Å². The second-order valence-corrected chi connectivity index (χ2v) is 5.70. The molecule has 0 radical (unpaired) electrons. The standard InChI is InChI=1S/C16H16N4OS/c21-16(19-13-6-2-1-3-7-13)17-12-14(15-8-4-11-22-15)20-10-5-9-18-20/h1-11,14H,12H2,(H2,17,19,21). The lowest BCUT2D eigenvalue weighted by molar-refractivity contribution is 0.250. The van der Waals surface area contributed by atoms with E-state index in [0.717, 1.165) is 10.6 Å². The van der Waals surface area contributed by atoms with Gasteiger partial charge in [-0.2, -0.15) is 5.10 Å². The zero-order valence-electron chi connectivity index (χ0n) is 11.8. The van der Waals surface area contributed by atoms with Crippen molar-refractivity contribution in [1.82, 2.24) is 15.1 Å². The van der Waals surface area contributed by atoms with Crippen LogP contribution in [0, 0.1) is 0 Å². The first-order valence-corrected chi connectivity index (χ1v) is 7.83. The predicted octanol–water partition coefficient (Wildman–Crippen LogP) is 3.36. The van der Waals surface area contributed by atoms with Gasteiger partial charge in [0.05, 0.1) is 0 Å². The van der Waals surface area contributed by atoms with Crippen molar-refractivity contribution < 1.29 is 4.79 Å². The molecule has 0 bridgehead atoms. The summed E-state index contributed by atoms with van der Waals surface area (Å²) in [6.45, 7) is 0.473. The molecule has 0 spiro atoms. The first kappa shape index (κ1) is 14.3. The Labute approximate surface area is 132 Å². The molecule has 0 aliphatic carbocycles. The molecule has 2 heterocycles. The van der Waals surface area contributed by atoms with Crippen molar-refractivity contribution >= 4 is 23.1 Å². The van der Waals surface area contributed by atoms with Gasteiger partial charge in [0.15, 0.2) is 0 Å². The van der Waals surface area contributed by atoms with Crippen molar-refractivity contribution in [1.29, 1.82) is 0 Å². The van der Waals surface area contributed by atoms with E-state index in [0.29, 0.717) is 6.54 Å². The average molecular weight is 312 g/mol. The summed E-state index contributed by atoms with van der Waals surface area (Å²) in [5.41, 5.74) is 0.770. The Morgan fingerprint density at radius 3 is 2.73 bits per heavy atom. The molecule has 2 N–H and O–H groups in total. The van der Waals surface area contributed by atoms with Crippen molar-refractivity contribution in [3.8, 4) is 0 Å². The minimum Gasteiger partial charge on any atom is -0.335 e. The van der Waals surface area contributed by atoms with Crippen LogP contribution in [0.2, 0.25) is 0 Å². The van der Waals surface area contributed by atoms with Crippen molar-refractivity contribution in [3.05, 3.63) is 71.2 Å². The minimum absolute atomic E-state index is 0.00322. The molecule has 22 heavy (non-hydrogen) atoms. The number of nitrogens with one attached hydrogen (secondary N) is 2. The summed E-state index contributed by atoms with van der Waals surface area (Å²) in [4.78, 5) is 13.2. The highest BCUT2D eigenvalue weighted by Gasteiger charge is 2.16. The fourth-order valence-corrected chi connectivity index (χ4v) is 2.98. The molecule has 1 aromatic carbocycles. The number of amides is 2. The van der Waals surface area contributed by atoms with Gasteiger partial charge in [-0.15, -0.1) is 11.3 Å². The summed E-state index contributed by atoms with van der Waals surface area (Å²) < 4.78 is 1.86. The molecule has 0 saturated heterocycles. The quantitative estimate of drug-likeness (QED) is 0.759. The predicted molar refractivity (Wildman–Crippen MR) is 88.1 cm³/mol. The van der Waals surface area contributed by atoms with Crippen LogP contribution < -0.4 is 10.6 Å². The molecule has 2 aromatic heterocycles. The van der Waals surface area contributed by atoms with Crippen LogP contribution in [-0.4, -0.2) is 22.4 Å². The van der Waals surface area contributed by atoms with Gasteiger partial charge >= 0.3 is 6.03 Å². The number of anilines is 1. The maximum absolute atomic E-state index is 12.0. The molecule has 3 aromatic rings. The van der Waals surface area contributed by atoms with Crippen LogP contribution in [0.1, 0.15) is 10.9 Å². The number of carbonyl (C=O) groups excluding carboxylic acids is 1. The van der Waals surface area contributed by atoms with Crippen LogP contribution in [0.4, 0.5) is 10.5 Å². The molecule has 0 aliphatic heterocycles. The largest absolute Gasteiger partial charge is 0.335 e. The molecule has 6 heteroatoms. The Morgan fingerprint density at radius 2 is 2.05 bits per heavy atom. The van der Waals surface area contributed by atoms with Crippen molar-refractivity contribution in [2.75, 3.05) is 11.9 Å². The molecular formula is C16H16N4OS. The van der Waals surface area contributed by atoms with Crippen LogP contribution in [0.25, 0.3) is 0 Å². The lowest BCUT2D eigenvalue weighted by Gasteiger charge is -2.17. The Bertz CT molecular complexity index is 661. The number of benzene rings is 1. The first-order chi connectivity index (χ1) is 10.8. The van der Waals surface area contributed by atoms with E-state index in [-0.39, 0.29) is 12.1 Å². The first-order valence-electron chi connectivity index (χ1n) is 6.95. The van der Waals surface area contributed by atoms with Crippen LogP contribution in [0.15, 0.2) is 66.3 Å². The number of para-hydroxylation sites is 1. The Hall–Kier alpha value is -2.60. The number of thiophene rings is 1. The van der Waals surface area contributed by atoms with Crippen LogP contribution >= 0.6 is 11.3 Å². The van der Waals surface area contributed by atoms with Crippen molar-refractivity contribution in [2.45, 2.75) is 6.04 Å². The minimum atomic E-state index is -0.222. The molecule has 1 atom stereocenters. The molecule has 5 nitrogen and oxygen atoms in total. The summed E-state index contributed by atoms with van der Waals surface area (Å²) in [5, 5.41) is 12.0. The van der Waals surface area contributed by atoms with Crippen LogP contribution in [-0.2, 0) is 0 Å². The van der Waals surface area contributed by atoms with Crippen molar-refractivity contribution in [2.24, 2.45) is 0 Å². The molecular weight excluding hydrogens is 296 g/mol. The molecule has 1 unspecified atom stereocenters. The SMILES string of the molecule is O=C(NCC(c1cccs1)n1cccn1)Nc1ccccc1. The highest BCUT2D eigenvalue weighted by molar-refractivity contribution is 7.10. The summed E-state index contributed by atoms with van der Waals surface area (Å²) in [6, 6.07) is 15.1. The van der Waals surface area contributed by atoms with Gasteiger partial charge in [-0.25, -0.2) is 4.79 Å². The third-order valence-electron chi connectivity index (χ3n) is 3.20. The van der Waals surface area contributed by atoms with Gasteiger partial charge in [0.25, 0.3) is 0 Å². The number of nitrogens with zero attached hydrogens (tertiary/aromatic N) is 2. The topological polar surface area (TPSA) is 59.0 Å². The Balaban J connectivity index is 1.63. The number of urea groups is 1. The normalized spacial score (nSPS) is 11.8. The lowest BCUT2D eigenvalue weighted by atomic mass is 10.2. The maximum Gasteiger partial charge on any atom is 0.319 e. The van der Waals surface area contributed by atoms with E-state index in [2.05, 4.69) is 15.7 Å². The lowest BCUT2D eigenvalue weighted by Crippen LogP contribution is -2.34. The van der Waals surface area contributed by atoms with Gasteiger partial charge < -0.3 is 10.6 Å². The zero-order chi connectivity index (χ0) is 15.2. The highest BCUT2D eigenvalue weighted by atomic mass is 32.1. The van der Waals surface area contributed by atoms with E-state index in [1.54, 1.807) is 17.5 Å². The van der Waals surface area contributed by atoms with E-state index < -0.39 is 0 Å². The van der Waals surface area contributed by atoms with E-state index in [4.69, 9.17) is 0 Å². The fourth-order valence-electron chi connectivity index (χ4n) is 2.16. The van der Waals surface area contributed by atoms with Gasteiger partial charge in [-0.05, 0) is 29.6 Å². The van der Waals surface area contributed by atoms with Crippen molar-refractivity contribution in [3.63, 3.8) is 0 Å². The van der Waals surface area contributed by atoms with E-state index >= 15 is 0 Å². The highest BCUT2D eigenvalue weighted by Crippen LogP contribution is 2.21. The number of hydrogen-bond donors (Lipinski definition) is 2. The van der Waals surface area contributed by atoms with Gasteiger partial charge in [-0.3, -0.25) is 4.68 Å². The third-order valence-corrected chi connectivity index (χ3v) is 4.18. The smallest absolute Gasteiger partial charge is 0.319 e.